The van der Waals surface area contributed by atoms with Crippen LogP contribution in [0, 0.1) is 10.1 Å². The number of carbonyl (C=O) groups excluding carboxylic acids is 3. The summed E-state index contributed by atoms with van der Waals surface area (Å²) in [6.45, 7) is 0.864. The average Bonchev–Trinajstić information content (AvgIpc) is 3.32. The van der Waals surface area contributed by atoms with Crippen molar-refractivity contribution < 1.29 is 33.2 Å². The molecule has 0 aliphatic carbocycles. The van der Waals surface area contributed by atoms with Crippen molar-refractivity contribution in [2.75, 3.05) is 24.7 Å². The van der Waals surface area contributed by atoms with Crippen LogP contribution < -0.4 is 4.90 Å². The van der Waals surface area contributed by atoms with Gasteiger partial charge in [0.2, 0.25) is 5.76 Å². The molecule has 170 valence electrons. The molecule has 0 radical (unpaired) electrons. The van der Waals surface area contributed by atoms with Crippen molar-refractivity contribution in [2.45, 2.75) is 6.92 Å². The molecule has 2 aromatic carbocycles. The lowest BCUT2D eigenvalue weighted by molar-refractivity contribution is -0.384. The zero-order valence-electron chi connectivity index (χ0n) is 17.6. The van der Waals surface area contributed by atoms with Gasteiger partial charge in [0.15, 0.2) is 6.61 Å². The minimum absolute atomic E-state index is 0.0748. The second kappa shape index (κ2) is 10.7. The highest BCUT2D eigenvalue weighted by Crippen LogP contribution is 2.25. The van der Waals surface area contributed by atoms with Gasteiger partial charge in [-0.3, -0.25) is 24.6 Å². The van der Waals surface area contributed by atoms with Crippen LogP contribution in [0.25, 0.3) is 11.3 Å². The van der Waals surface area contributed by atoms with E-state index in [0.29, 0.717) is 17.0 Å². The molecule has 10 nitrogen and oxygen atoms in total. The van der Waals surface area contributed by atoms with Crippen LogP contribution in [0.1, 0.15) is 17.5 Å². The molecule has 3 rings (SSSR count). The van der Waals surface area contributed by atoms with E-state index in [1.807, 2.05) is 0 Å². The molecule has 1 heterocycles. The SMILES string of the molecule is CCOC(=O)CN(C(=O)COC(=O)c1ccc(-c2ccc([N+](=O)[O-])cc2)o1)c1ccccc1. The zero-order valence-corrected chi connectivity index (χ0v) is 17.6. The Kier molecular flexibility index (Phi) is 7.53. The van der Waals surface area contributed by atoms with Gasteiger partial charge in [0.05, 0.1) is 11.5 Å². The van der Waals surface area contributed by atoms with Crippen LogP contribution in [-0.4, -0.2) is 42.5 Å². The number of nitro groups is 1. The molecule has 0 atom stereocenters. The van der Waals surface area contributed by atoms with Gasteiger partial charge in [-0.05, 0) is 43.3 Å². The number of rotatable bonds is 9. The lowest BCUT2D eigenvalue weighted by Crippen LogP contribution is -2.39. The van der Waals surface area contributed by atoms with Crippen molar-refractivity contribution in [3.05, 3.63) is 82.6 Å². The van der Waals surface area contributed by atoms with Gasteiger partial charge in [0.25, 0.3) is 11.6 Å². The van der Waals surface area contributed by atoms with Gasteiger partial charge in [0, 0.05) is 23.4 Å². The maximum Gasteiger partial charge on any atom is 0.374 e. The molecule has 0 spiro atoms. The van der Waals surface area contributed by atoms with Gasteiger partial charge >= 0.3 is 11.9 Å². The second-order valence-electron chi connectivity index (χ2n) is 6.66. The topological polar surface area (TPSA) is 129 Å². The fraction of sp³-hybridized carbons (Fsp3) is 0.174. The van der Waals surface area contributed by atoms with Crippen LogP contribution >= 0.6 is 0 Å². The van der Waals surface area contributed by atoms with Crippen molar-refractivity contribution in [3.8, 4) is 11.3 Å². The first-order chi connectivity index (χ1) is 15.9. The molecule has 0 unspecified atom stereocenters. The van der Waals surface area contributed by atoms with E-state index >= 15 is 0 Å². The van der Waals surface area contributed by atoms with E-state index in [-0.39, 0.29) is 24.6 Å². The molecular weight excluding hydrogens is 432 g/mol. The van der Waals surface area contributed by atoms with Crippen molar-refractivity contribution in [3.63, 3.8) is 0 Å². The number of carbonyl (C=O) groups is 3. The molecule has 33 heavy (non-hydrogen) atoms. The lowest BCUT2D eigenvalue weighted by atomic mass is 10.1. The molecule has 0 saturated carbocycles. The van der Waals surface area contributed by atoms with E-state index in [4.69, 9.17) is 13.9 Å². The van der Waals surface area contributed by atoms with Gasteiger partial charge in [-0.15, -0.1) is 0 Å². The number of anilines is 1. The highest BCUT2D eigenvalue weighted by molar-refractivity contribution is 5.99. The van der Waals surface area contributed by atoms with E-state index in [2.05, 4.69) is 0 Å². The van der Waals surface area contributed by atoms with E-state index in [1.54, 1.807) is 37.3 Å². The Balaban J connectivity index is 1.65. The van der Waals surface area contributed by atoms with Crippen LogP contribution in [-0.2, 0) is 19.1 Å². The van der Waals surface area contributed by atoms with Crippen LogP contribution in [0.15, 0.2) is 71.1 Å². The number of hydrogen-bond acceptors (Lipinski definition) is 8. The molecule has 10 heteroatoms. The number of esters is 2. The van der Waals surface area contributed by atoms with Crippen LogP contribution in [0.3, 0.4) is 0 Å². The van der Waals surface area contributed by atoms with Crippen LogP contribution in [0.4, 0.5) is 11.4 Å². The fourth-order valence-corrected chi connectivity index (χ4v) is 2.89. The maximum absolute atomic E-state index is 12.7. The smallest absolute Gasteiger partial charge is 0.374 e. The minimum Gasteiger partial charge on any atom is -0.465 e. The van der Waals surface area contributed by atoms with Gasteiger partial charge in [0.1, 0.15) is 12.3 Å². The number of ether oxygens (including phenoxy) is 2. The normalized spacial score (nSPS) is 10.3. The van der Waals surface area contributed by atoms with E-state index in [1.165, 1.54) is 36.4 Å². The Morgan fingerprint density at radius 3 is 2.30 bits per heavy atom. The summed E-state index contributed by atoms with van der Waals surface area (Å²) in [5, 5.41) is 10.8. The predicted molar refractivity (Wildman–Crippen MR) is 117 cm³/mol. The molecule has 0 saturated heterocycles. The van der Waals surface area contributed by atoms with Crippen molar-refractivity contribution in [2.24, 2.45) is 0 Å². The molecule has 0 fully saturated rings. The minimum atomic E-state index is -0.874. The van der Waals surface area contributed by atoms with E-state index in [9.17, 15) is 24.5 Å². The average molecular weight is 452 g/mol. The van der Waals surface area contributed by atoms with Gasteiger partial charge in [-0.1, -0.05) is 18.2 Å². The largest absolute Gasteiger partial charge is 0.465 e. The quantitative estimate of drug-likeness (QED) is 0.273. The van der Waals surface area contributed by atoms with Crippen molar-refractivity contribution >= 4 is 29.2 Å². The molecule has 0 N–H and O–H groups in total. The number of non-ortho nitro benzene ring substituents is 1. The first-order valence-electron chi connectivity index (χ1n) is 9.92. The van der Waals surface area contributed by atoms with Crippen LogP contribution in [0.5, 0.6) is 0 Å². The number of furan rings is 1. The molecule has 0 bridgehead atoms. The maximum atomic E-state index is 12.7. The van der Waals surface area contributed by atoms with E-state index < -0.39 is 29.4 Å². The fourth-order valence-electron chi connectivity index (χ4n) is 2.89. The van der Waals surface area contributed by atoms with Gasteiger partial charge in [-0.2, -0.15) is 0 Å². The number of amides is 1. The summed E-state index contributed by atoms with van der Waals surface area (Å²) in [7, 11) is 0. The van der Waals surface area contributed by atoms with Gasteiger partial charge in [-0.25, -0.2) is 4.79 Å². The Morgan fingerprint density at radius 1 is 0.970 bits per heavy atom. The molecule has 1 amide bonds. The highest BCUT2D eigenvalue weighted by atomic mass is 16.6. The summed E-state index contributed by atoms with van der Waals surface area (Å²) < 4.78 is 15.4. The third kappa shape index (κ3) is 6.03. The summed E-state index contributed by atoms with van der Waals surface area (Å²) in [5.41, 5.74) is 0.903. The molecular formula is C23H20N2O8. The summed E-state index contributed by atoms with van der Waals surface area (Å²) in [6.07, 6.45) is 0. The number of hydrogen-bond donors (Lipinski definition) is 0. The summed E-state index contributed by atoms with van der Waals surface area (Å²) in [6, 6.07) is 16.9. The first kappa shape index (κ1) is 23.2. The van der Waals surface area contributed by atoms with E-state index in [0.717, 1.165) is 4.90 Å². The summed E-state index contributed by atoms with van der Waals surface area (Å²) >= 11 is 0. The molecule has 0 aliphatic heterocycles. The zero-order chi connectivity index (χ0) is 23.8. The predicted octanol–water partition coefficient (Wildman–Crippen LogP) is 3.61. The van der Waals surface area contributed by atoms with Crippen molar-refractivity contribution in [1.82, 2.24) is 0 Å². The standard InChI is InChI=1S/C23H20N2O8/c1-2-31-22(27)14-24(17-6-4-3-5-7-17)21(26)15-32-23(28)20-13-12-19(33-20)16-8-10-18(11-9-16)25(29)30/h3-13H,2,14-15H2,1H3. The highest BCUT2D eigenvalue weighted by Gasteiger charge is 2.22. The van der Waals surface area contributed by atoms with Gasteiger partial charge < -0.3 is 13.9 Å². The van der Waals surface area contributed by atoms with Crippen molar-refractivity contribution in [1.29, 1.82) is 0 Å². The number of para-hydroxylation sites is 1. The summed E-state index contributed by atoms with van der Waals surface area (Å²) in [5.74, 6) is -1.94. The number of nitrogens with zero attached hydrogens (tertiary/aromatic N) is 2. The first-order valence-corrected chi connectivity index (χ1v) is 9.92. The molecule has 3 aromatic rings. The molecule has 0 aliphatic rings. The lowest BCUT2D eigenvalue weighted by Gasteiger charge is -2.21. The Hall–Kier alpha value is -4.47. The third-order valence-corrected chi connectivity index (χ3v) is 4.46. The Morgan fingerprint density at radius 2 is 1.67 bits per heavy atom. The molecule has 1 aromatic heterocycles. The second-order valence-corrected chi connectivity index (χ2v) is 6.66. The summed E-state index contributed by atoms with van der Waals surface area (Å²) in [4.78, 5) is 48.4. The third-order valence-electron chi connectivity index (χ3n) is 4.46. The monoisotopic (exact) mass is 452 g/mol. The Labute approximate surface area is 188 Å². The number of benzene rings is 2. The Bertz CT molecular complexity index is 1140. The van der Waals surface area contributed by atoms with Crippen LogP contribution in [0.2, 0.25) is 0 Å². The number of nitro benzene ring substituents is 1.